The summed E-state index contributed by atoms with van der Waals surface area (Å²) in [7, 11) is -2.62. The predicted molar refractivity (Wildman–Crippen MR) is 221 cm³/mol. The number of rotatable bonds is 13. The first-order chi connectivity index (χ1) is 27.2. The lowest BCUT2D eigenvalue weighted by molar-refractivity contribution is -0.195. The van der Waals surface area contributed by atoms with Crippen molar-refractivity contribution in [3.8, 4) is 0 Å². The second-order valence-corrected chi connectivity index (χ2v) is 22.8. The lowest BCUT2D eigenvalue weighted by Gasteiger charge is -2.40. The normalized spacial score (nSPS) is 19.0. The van der Waals surface area contributed by atoms with E-state index in [0.29, 0.717) is 10.5 Å². The van der Waals surface area contributed by atoms with Gasteiger partial charge in [-0.25, -0.2) is 24.2 Å². The highest BCUT2D eigenvalue weighted by atomic mass is 35.5. The van der Waals surface area contributed by atoms with Crippen LogP contribution in [0.4, 0.5) is 15.4 Å². The molecule has 0 radical (unpaired) electrons. The van der Waals surface area contributed by atoms with Crippen molar-refractivity contribution in [2.75, 3.05) is 24.7 Å². The molecule has 326 valence electrons. The number of hydrogen-bond donors (Lipinski definition) is 1. The van der Waals surface area contributed by atoms with Crippen LogP contribution in [-0.2, 0) is 48.9 Å². The lowest BCUT2D eigenvalue weighted by atomic mass is 9.93. The molecule has 1 aliphatic heterocycles. The van der Waals surface area contributed by atoms with E-state index in [-0.39, 0.29) is 53.5 Å². The Balaban J connectivity index is 1.85. The molecule has 59 heavy (non-hydrogen) atoms. The Kier molecular flexibility index (Phi) is 14.6. The monoisotopic (exact) mass is 862 g/mol. The van der Waals surface area contributed by atoms with Crippen LogP contribution in [0.25, 0.3) is 11.2 Å². The van der Waals surface area contributed by atoms with Gasteiger partial charge in [0.1, 0.15) is 23.4 Å². The van der Waals surface area contributed by atoms with E-state index in [4.69, 9.17) is 50.2 Å². The second-order valence-electron chi connectivity index (χ2n) is 17.7. The molecule has 1 saturated heterocycles. The average molecular weight is 863 g/mol. The molecular formula is C40H59ClN6O11Si. The minimum Gasteiger partial charge on any atom is -0.463 e. The predicted octanol–water partition coefficient (Wildman–Crippen LogP) is 6.90. The van der Waals surface area contributed by atoms with Crippen molar-refractivity contribution in [1.29, 1.82) is 0 Å². The van der Waals surface area contributed by atoms with E-state index in [9.17, 15) is 19.2 Å². The number of anilines is 1. The van der Waals surface area contributed by atoms with E-state index >= 15 is 0 Å². The summed E-state index contributed by atoms with van der Waals surface area (Å²) in [5.74, 6) is -2.17. The van der Waals surface area contributed by atoms with Gasteiger partial charge in [-0.1, -0.05) is 51.1 Å². The number of esters is 2. The first kappa shape index (κ1) is 47.5. The van der Waals surface area contributed by atoms with E-state index in [1.807, 2.05) is 6.07 Å². The quantitative estimate of drug-likeness (QED) is 0.0610. The molecule has 2 amide bonds. The molecule has 0 saturated carbocycles. The zero-order chi connectivity index (χ0) is 44.3. The Morgan fingerprint density at radius 1 is 0.881 bits per heavy atom. The minimum absolute atomic E-state index is 0.0263. The molecule has 19 heteroatoms. The average Bonchev–Trinajstić information content (AvgIpc) is 3.65. The minimum atomic E-state index is -2.62. The number of carbonyl (C=O) groups excluding carboxylic acids is 4. The molecule has 1 fully saturated rings. The summed E-state index contributed by atoms with van der Waals surface area (Å²) in [5, 5.41) is -0.619. The smallest absolute Gasteiger partial charge is 0.425 e. The third-order valence-electron chi connectivity index (χ3n) is 9.65. The summed E-state index contributed by atoms with van der Waals surface area (Å²) < 4.78 is 43.4. The van der Waals surface area contributed by atoms with Gasteiger partial charge in [0.25, 0.3) is 5.60 Å². The van der Waals surface area contributed by atoms with Crippen LogP contribution >= 0.6 is 11.6 Å². The lowest BCUT2D eigenvalue weighted by Crippen LogP contribution is -2.55. The zero-order valence-corrected chi connectivity index (χ0v) is 38.0. The third-order valence-corrected chi connectivity index (χ3v) is 14.3. The fourth-order valence-electron chi connectivity index (χ4n) is 5.86. The summed E-state index contributed by atoms with van der Waals surface area (Å²) in [5.41, 5.74) is 3.42. The van der Waals surface area contributed by atoms with E-state index in [2.05, 4.69) is 48.8 Å². The molecule has 2 aromatic heterocycles. The number of carbonyl (C=O) groups is 4. The maximum atomic E-state index is 13.8. The van der Waals surface area contributed by atoms with Crippen LogP contribution in [0.2, 0.25) is 23.4 Å². The molecule has 2 N–H and O–H groups in total. The molecule has 1 aliphatic rings. The van der Waals surface area contributed by atoms with Gasteiger partial charge in [0.05, 0.1) is 32.2 Å². The van der Waals surface area contributed by atoms with Crippen LogP contribution in [0, 0.1) is 0 Å². The number of aromatic nitrogens is 4. The fraction of sp³-hybridized carbons (Fsp3) is 0.625. The van der Waals surface area contributed by atoms with Gasteiger partial charge in [-0.3, -0.25) is 4.57 Å². The molecule has 0 aliphatic carbocycles. The molecule has 4 rings (SSSR count). The molecule has 17 nitrogen and oxygen atoms in total. The van der Waals surface area contributed by atoms with Crippen LogP contribution in [0.3, 0.4) is 0 Å². The maximum Gasteiger partial charge on any atom is 0.425 e. The third kappa shape index (κ3) is 11.1. The van der Waals surface area contributed by atoms with Gasteiger partial charge in [0.15, 0.2) is 31.5 Å². The first-order valence-electron chi connectivity index (χ1n) is 19.5. The number of nitrogens with two attached hydrogens (primary N) is 1. The maximum absolute atomic E-state index is 13.8. The fourth-order valence-corrected chi connectivity index (χ4v) is 7.32. The van der Waals surface area contributed by atoms with Gasteiger partial charge >= 0.3 is 24.1 Å². The number of fused-ring (bicyclic) bond motifs is 1. The molecule has 4 atom stereocenters. The Hall–Kier alpha value is -4.20. The van der Waals surface area contributed by atoms with Gasteiger partial charge in [-0.15, -0.1) is 0 Å². The number of nitrogens with zero attached hydrogens (tertiary/aromatic N) is 5. The van der Waals surface area contributed by atoms with Crippen LogP contribution in [0.1, 0.15) is 88.0 Å². The Morgan fingerprint density at radius 2 is 1.42 bits per heavy atom. The van der Waals surface area contributed by atoms with Crippen molar-refractivity contribution in [1.82, 2.24) is 19.5 Å². The van der Waals surface area contributed by atoms with Gasteiger partial charge in [-0.2, -0.15) is 14.9 Å². The van der Waals surface area contributed by atoms with Gasteiger partial charge < -0.3 is 38.6 Å². The Bertz CT molecular complexity index is 1930. The molecular weight excluding hydrogens is 804 g/mol. The summed E-state index contributed by atoms with van der Waals surface area (Å²) >= 11 is 6.52. The van der Waals surface area contributed by atoms with Gasteiger partial charge in [0, 0.05) is 6.42 Å². The highest BCUT2D eigenvalue weighted by Crippen LogP contribution is 2.43. The summed E-state index contributed by atoms with van der Waals surface area (Å²) in [4.78, 5) is 68.7. The largest absolute Gasteiger partial charge is 0.463 e. The van der Waals surface area contributed by atoms with Crippen LogP contribution < -0.4 is 10.6 Å². The van der Waals surface area contributed by atoms with E-state index in [1.165, 1.54) is 10.9 Å². The number of ether oxygens (including phenoxy) is 6. The first-order valence-corrected chi connectivity index (χ1v) is 22.8. The van der Waals surface area contributed by atoms with Crippen molar-refractivity contribution < 1.29 is 52.0 Å². The highest BCUT2D eigenvalue weighted by Gasteiger charge is 2.54. The van der Waals surface area contributed by atoms with Crippen molar-refractivity contribution in [3.63, 3.8) is 0 Å². The van der Waals surface area contributed by atoms with Crippen molar-refractivity contribution in [2.45, 2.75) is 142 Å². The Labute approximate surface area is 351 Å². The highest BCUT2D eigenvalue weighted by molar-refractivity contribution is 6.74. The summed E-state index contributed by atoms with van der Waals surface area (Å²) in [6.45, 7) is 23.0. The zero-order valence-electron chi connectivity index (χ0n) is 36.3. The van der Waals surface area contributed by atoms with Crippen LogP contribution in [0.5, 0.6) is 0 Å². The number of amides is 2. The standard InChI is InChI=1S/C40H59ClN6O11Si/c1-14-52-32(48)40(33(49)53-15-2,21-24-19-17-16-18-20-24)54-22-25-26(42)28(58-59(12,13)39(9,10)11)31(55-25)46-23-43-27-29(46)44-34(41)45-30(27)47(35(50)56-37(3,4)5)36(51)57-38(6,7)8/h16-20,23,25-26,28,31H,14-15,21-22,42H2,1-13H3/t25-,26-,28-,31-/m1/s1. The molecule has 0 unspecified atom stereocenters. The van der Waals surface area contributed by atoms with Crippen molar-refractivity contribution >= 4 is 61.0 Å². The summed E-state index contributed by atoms with van der Waals surface area (Å²) in [6.07, 6.45) is -3.95. The van der Waals surface area contributed by atoms with Crippen LogP contribution in [0.15, 0.2) is 36.7 Å². The SMILES string of the molecule is CCOC(=O)C(Cc1ccccc1)(OC[C@H]1O[C@@H](n2cnc3c(N(C(=O)OC(C)(C)C)C(=O)OC(C)(C)C)nc(Cl)nc32)[C@H](O[Si](C)(C)C(C)(C)C)[C@@H]1N)C(=O)OCC. The molecule has 3 heterocycles. The van der Waals surface area contributed by atoms with E-state index in [1.54, 1.807) is 79.7 Å². The van der Waals surface area contributed by atoms with Crippen molar-refractivity contribution in [3.05, 3.63) is 47.5 Å². The molecule has 1 aromatic carbocycles. The summed E-state index contributed by atoms with van der Waals surface area (Å²) in [6, 6.07) is 7.95. The van der Waals surface area contributed by atoms with Gasteiger partial charge in [0.2, 0.25) is 5.28 Å². The van der Waals surface area contributed by atoms with Crippen molar-refractivity contribution in [2.24, 2.45) is 5.73 Å². The number of imidazole rings is 1. The van der Waals surface area contributed by atoms with E-state index < -0.39 is 73.7 Å². The van der Waals surface area contributed by atoms with E-state index in [0.717, 1.165) is 0 Å². The number of imide groups is 1. The number of halogens is 1. The van der Waals surface area contributed by atoms with Gasteiger partial charge in [-0.05, 0) is 90.7 Å². The number of benzene rings is 1. The molecule has 0 spiro atoms. The molecule has 0 bridgehead atoms. The topological polar surface area (TPSA) is 206 Å². The number of hydrogen-bond acceptors (Lipinski definition) is 15. The van der Waals surface area contributed by atoms with Crippen LogP contribution in [-0.4, -0.2) is 107 Å². The second kappa shape index (κ2) is 18.2. The molecule has 3 aromatic rings. The Morgan fingerprint density at radius 3 is 1.92 bits per heavy atom.